The molecule has 1 aliphatic heterocycles. The van der Waals surface area contributed by atoms with Gasteiger partial charge >= 0.3 is 5.97 Å². The van der Waals surface area contributed by atoms with Crippen LogP contribution in [-0.2, 0) is 9.53 Å². The lowest BCUT2D eigenvalue weighted by atomic mass is 10.1. The number of ether oxygens (including phenoxy) is 1. The summed E-state index contributed by atoms with van der Waals surface area (Å²) in [6, 6.07) is 10.2. The smallest absolute Gasteiger partial charge is 0.330 e. The van der Waals surface area contributed by atoms with Crippen molar-refractivity contribution in [2.75, 3.05) is 12.0 Å². The van der Waals surface area contributed by atoms with Crippen LogP contribution in [0.4, 0.5) is 5.69 Å². The molecular formula is C13H17NO2. The molecule has 0 radical (unpaired) electrons. The van der Waals surface area contributed by atoms with E-state index in [0.717, 1.165) is 5.69 Å². The molecule has 0 bridgehead atoms. The number of para-hydroxylation sites is 1. The van der Waals surface area contributed by atoms with Gasteiger partial charge in [-0.1, -0.05) is 32.0 Å². The number of carbonyl (C=O) groups is 1. The Balaban J connectivity index is 2.19. The molecule has 86 valence electrons. The predicted octanol–water partition coefficient (Wildman–Crippen LogP) is 2.07. The topological polar surface area (TPSA) is 29.3 Å². The number of methoxy groups -OCH3 is 1. The maximum absolute atomic E-state index is 11.6. The Labute approximate surface area is 96.0 Å². The van der Waals surface area contributed by atoms with Crippen molar-refractivity contribution in [3.8, 4) is 0 Å². The highest BCUT2D eigenvalue weighted by Gasteiger charge is 2.54. The first-order valence-electron chi connectivity index (χ1n) is 5.58. The molecule has 16 heavy (non-hydrogen) atoms. The second-order valence-electron chi connectivity index (χ2n) is 4.45. The van der Waals surface area contributed by atoms with Gasteiger partial charge in [-0.05, 0) is 18.1 Å². The van der Waals surface area contributed by atoms with Crippen LogP contribution in [-0.4, -0.2) is 25.2 Å². The highest BCUT2D eigenvalue weighted by molar-refractivity contribution is 5.88. The first kappa shape index (κ1) is 11.0. The van der Waals surface area contributed by atoms with E-state index in [1.807, 2.05) is 30.3 Å². The Hall–Kier alpha value is -1.51. The molecule has 2 rings (SSSR count). The van der Waals surface area contributed by atoms with E-state index in [-0.39, 0.29) is 18.1 Å². The SMILES string of the molecule is COC(=O)[C@H]1[C@H](C(C)C)N1c1ccccc1. The van der Waals surface area contributed by atoms with Gasteiger partial charge in [0.05, 0.1) is 13.2 Å². The van der Waals surface area contributed by atoms with Gasteiger partial charge in [-0.25, -0.2) is 4.79 Å². The number of carbonyl (C=O) groups excluding carboxylic acids is 1. The summed E-state index contributed by atoms with van der Waals surface area (Å²) in [5.41, 5.74) is 1.09. The summed E-state index contributed by atoms with van der Waals surface area (Å²) in [5.74, 6) is 0.312. The third-order valence-electron chi connectivity index (χ3n) is 3.03. The van der Waals surface area contributed by atoms with Gasteiger partial charge in [0, 0.05) is 5.69 Å². The minimum atomic E-state index is -0.137. The molecule has 0 N–H and O–H groups in total. The molecule has 1 aliphatic rings. The molecule has 0 saturated carbocycles. The molecule has 1 aromatic carbocycles. The van der Waals surface area contributed by atoms with E-state index in [2.05, 4.69) is 18.7 Å². The molecule has 0 amide bonds. The van der Waals surface area contributed by atoms with E-state index in [0.29, 0.717) is 5.92 Å². The average Bonchev–Trinajstić information content (AvgIpc) is 3.04. The van der Waals surface area contributed by atoms with Crippen LogP contribution in [0.3, 0.4) is 0 Å². The first-order chi connectivity index (χ1) is 7.66. The van der Waals surface area contributed by atoms with Crippen molar-refractivity contribution < 1.29 is 9.53 Å². The molecular weight excluding hydrogens is 202 g/mol. The molecule has 3 nitrogen and oxygen atoms in total. The molecule has 1 heterocycles. The average molecular weight is 219 g/mol. The van der Waals surface area contributed by atoms with E-state index in [1.54, 1.807) is 0 Å². The Kier molecular flexibility index (Phi) is 2.86. The molecule has 0 aliphatic carbocycles. The lowest BCUT2D eigenvalue weighted by Crippen LogP contribution is -2.15. The van der Waals surface area contributed by atoms with Crippen molar-refractivity contribution in [2.24, 2.45) is 5.92 Å². The third-order valence-corrected chi connectivity index (χ3v) is 3.03. The van der Waals surface area contributed by atoms with Crippen molar-refractivity contribution in [3.63, 3.8) is 0 Å². The monoisotopic (exact) mass is 219 g/mol. The first-order valence-corrected chi connectivity index (χ1v) is 5.58. The van der Waals surface area contributed by atoms with E-state index in [9.17, 15) is 4.79 Å². The molecule has 0 spiro atoms. The van der Waals surface area contributed by atoms with Crippen LogP contribution in [0.25, 0.3) is 0 Å². The third kappa shape index (κ3) is 1.77. The summed E-state index contributed by atoms with van der Waals surface area (Å²) in [4.78, 5) is 13.7. The van der Waals surface area contributed by atoms with Crippen LogP contribution in [0.1, 0.15) is 13.8 Å². The van der Waals surface area contributed by atoms with Gasteiger partial charge in [0.25, 0.3) is 0 Å². The van der Waals surface area contributed by atoms with Crippen LogP contribution in [0.15, 0.2) is 30.3 Å². The normalized spacial score (nSPS) is 23.4. The van der Waals surface area contributed by atoms with Crippen LogP contribution >= 0.6 is 0 Å². The summed E-state index contributed by atoms with van der Waals surface area (Å²) in [6.07, 6.45) is 0. The zero-order chi connectivity index (χ0) is 11.7. The fourth-order valence-electron chi connectivity index (χ4n) is 2.24. The van der Waals surface area contributed by atoms with Gasteiger partial charge < -0.3 is 9.64 Å². The molecule has 1 saturated heterocycles. The quantitative estimate of drug-likeness (QED) is 0.575. The van der Waals surface area contributed by atoms with Gasteiger partial charge in [-0.3, -0.25) is 0 Å². The van der Waals surface area contributed by atoms with Gasteiger partial charge in [0.1, 0.15) is 6.04 Å². The zero-order valence-electron chi connectivity index (χ0n) is 9.88. The molecule has 3 heteroatoms. The maximum Gasteiger partial charge on any atom is 0.330 e. The Morgan fingerprint density at radius 2 is 1.94 bits per heavy atom. The second-order valence-corrected chi connectivity index (χ2v) is 4.45. The Morgan fingerprint density at radius 1 is 1.31 bits per heavy atom. The Morgan fingerprint density at radius 3 is 2.44 bits per heavy atom. The minimum Gasteiger partial charge on any atom is -0.467 e. The van der Waals surface area contributed by atoms with Crippen LogP contribution in [0.2, 0.25) is 0 Å². The number of hydrogen-bond donors (Lipinski definition) is 0. The largest absolute Gasteiger partial charge is 0.467 e. The van der Waals surface area contributed by atoms with Gasteiger partial charge in [-0.15, -0.1) is 0 Å². The van der Waals surface area contributed by atoms with E-state index < -0.39 is 0 Å². The number of anilines is 1. The lowest BCUT2D eigenvalue weighted by Gasteiger charge is -2.06. The summed E-state index contributed by atoms with van der Waals surface area (Å²) in [6.45, 7) is 4.26. The summed E-state index contributed by atoms with van der Waals surface area (Å²) >= 11 is 0. The van der Waals surface area contributed by atoms with Crippen LogP contribution in [0, 0.1) is 5.92 Å². The predicted molar refractivity (Wildman–Crippen MR) is 63.4 cm³/mol. The van der Waals surface area contributed by atoms with Crippen molar-refractivity contribution in [1.29, 1.82) is 0 Å². The molecule has 2 atom stereocenters. The number of esters is 1. The van der Waals surface area contributed by atoms with E-state index in [1.165, 1.54) is 7.11 Å². The number of nitrogens with zero attached hydrogens (tertiary/aromatic N) is 1. The standard InChI is InChI=1S/C13H17NO2/c1-9(2)11-12(13(15)16-3)14(11)10-7-5-4-6-8-10/h4-9,11-12H,1-3H3/t11-,12+,14?/m0/s1. The van der Waals surface area contributed by atoms with E-state index in [4.69, 9.17) is 4.74 Å². The lowest BCUT2D eigenvalue weighted by molar-refractivity contribution is -0.139. The summed E-state index contributed by atoms with van der Waals surface area (Å²) in [5, 5.41) is 0. The fraction of sp³-hybridized carbons (Fsp3) is 0.462. The molecule has 1 fully saturated rings. The fourth-order valence-corrected chi connectivity index (χ4v) is 2.24. The molecule has 0 unspecified atom stereocenters. The highest BCUT2D eigenvalue weighted by atomic mass is 16.5. The minimum absolute atomic E-state index is 0.104. The second kappa shape index (κ2) is 4.16. The van der Waals surface area contributed by atoms with Gasteiger partial charge in [-0.2, -0.15) is 0 Å². The number of benzene rings is 1. The zero-order valence-corrected chi connectivity index (χ0v) is 9.88. The molecule has 0 aromatic heterocycles. The van der Waals surface area contributed by atoms with Crippen LogP contribution in [0.5, 0.6) is 0 Å². The summed E-state index contributed by atoms with van der Waals surface area (Å²) < 4.78 is 4.83. The van der Waals surface area contributed by atoms with E-state index >= 15 is 0 Å². The number of hydrogen-bond acceptors (Lipinski definition) is 3. The van der Waals surface area contributed by atoms with Crippen molar-refractivity contribution in [2.45, 2.75) is 25.9 Å². The maximum atomic E-state index is 11.6. The van der Waals surface area contributed by atoms with Gasteiger partial charge in [0.2, 0.25) is 0 Å². The van der Waals surface area contributed by atoms with Crippen LogP contribution < -0.4 is 4.90 Å². The molecule has 1 aromatic rings. The number of rotatable bonds is 3. The summed E-state index contributed by atoms with van der Waals surface area (Å²) in [7, 11) is 1.45. The highest BCUT2D eigenvalue weighted by Crippen LogP contribution is 2.39. The van der Waals surface area contributed by atoms with Gasteiger partial charge in [0.15, 0.2) is 0 Å². The van der Waals surface area contributed by atoms with Crippen molar-refractivity contribution in [1.82, 2.24) is 0 Å². The Bertz CT molecular complexity index is 375. The van der Waals surface area contributed by atoms with Crippen molar-refractivity contribution >= 4 is 11.7 Å². The van der Waals surface area contributed by atoms with Crippen molar-refractivity contribution in [3.05, 3.63) is 30.3 Å².